The lowest BCUT2D eigenvalue weighted by Gasteiger charge is -2.44. The van der Waals surface area contributed by atoms with Crippen LogP contribution in [0.15, 0.2) is 16.6 Å². The number of amides is 1. The first kappa shape index (κ1) is 15.2. The number of likely N-dealkylation sites (tertiary alicyclic amines) is 1. The monoisotopic (exact) mass is 375 g/mol. The van der Waals surface area contributed by atoms with E-state index in [1.54, 1.807) is 0 Å². The lowest BCUT2D eigenvalue weighted by molar-refractivity contribution is -0.106. The van der Waals surface area contributed by atoms with Crippen LogP contribution in [0.1, 0.15) is 42.5 Å². The predicted molar refractivity (Wildman–Crippen MR) is 96.5 cm³/mol. The number of piperidine rings is 1. The molecular weight excluding hydrogens is 354 g/mol. The van der Waals surface area contributed by atoms with Gasteiger partial charge in [-0.1, -0.05) is 22.9 Å². The zero-order valence-electron chi connectivity index (χ0n) is 13.6. The molecule has 4 nitrogen and oxygen atoms in total. The maximum absolute atomic E-state index is 11.1. The number of nitrogens with zero attached hydrogens (tertiary/aromatic N) is 2. The molecule has 0 saturated carbocycles. The number of rotatable bonds is 3. The zero-order valence-corrected chi connectivity index (χ0v) is 15.2. The average molecular weight is 376 g/mol. The van der Waals surface area contributed by atoms with Gasteiger partial charge in [-0.3, -0.25) is 19.8 Å². The van der Waals surface area contributed by atoms with Crippen LogP contribution in [-0.4, -0.2) is 35.1 Å². The van der Waals surface area contributed by atoms with Crippen LogP contribution in [0.3, 0.4) is 0 Å². The first-order valence-corrected chi connectivity index (χ1v) is 9.22. The maximum atomic E-state index is 11.1. The molecule has 1 saturated heterocycles. The summed E-state index contributed by atoms with van der Waals surface area (Å²) in [6.07, 6.45) is 4.38. The van der Waals surface area contributed by atoms with Crippen molar-refractivity contribution in [3.05, 3.63) is 33.4 Å². The van der Waals surface area contributed by atoms with Crippen LogP contribution in [0.25, 0.3) is 10.9 Å². The molecule has 1 fully saturated rings. The zero-order chi connectivity index (χ0) is 16.1. The molecule has 2 atom stereocenters. The van der Waals surface area contributed by atoms with Gasteiger partial charge in [0.2, 0.25) is 6.41 Å². The van der Waals surface area contributed by atoms with Gasteiger partial charge < -0.3 is 0 Å². The number of likely N-dealkylation sites (N-methyl/N-ethyl adjacent to an activating group) is 1. The standard InChI is InChI=1S/C18H22BrN3O/c1-3-21-6-4-5-13-15-7-12(19)8-17-18(15)14(9-16(13)21)11(2)22(17)20-10-23/h7-8,10,13,16H,3-6,9H2,1-2H3,(H,20,23)/t13-,16-/m1/s1. The largest absolute Gasteiger partial charge is 0.300 e. The molecule has 1 aromatic heterocycles. The molecule has 1 aliphatic carbocycles. The van der Waals surface area contributed by atoms with Gasteiger partial charge in [-0.25, -0.2) is 0 Å². The highest BCUT2D eigenvalue weighted by Gasteiger charge is 2.38. The van der Waals surface area contributed by atoms with Crippen molar-refractivity contribution in [1.82, 2.24) is 9.58 Å². The quantitative estimate of drug-likeness (QED) is 0.833. The van der Waals surface area contributed by atoms with Crippen molar-refractivity contribution in [1.29, 1.82) is 0 Å². The predicted octanol–water partition coefficient (Wildman–Crippen LogP) is 3.54. The van der Waals surface area contributed by atoms with Crippen LogP contribution in [0.5, 0.6) is 0 Å². The second kappa shape index (κ2) is 5.64. The van der Waals surface area contributed by atoms with Crippen LogP contribution in [0, 0.1) is 6.92 Å². The molecule has 122 valence electrons. The Balaban J connectivity index is 1.98. The number of hydrogen-bond acceptors (Lipinski definition) is 2. The van der Waals surface area contributed by atoms with Crippen LogP contribution < -0.4 is 5.43 Å². The number of nitrogens with one attached hydrogen (secondary N) is 1. The minimum absolute atomic E-state index is 0.588. The highest BCUT2D eigenvalue weighted by Crippen LogP contribution is 2.46. The average Bonchev–Trinajstić information content (AvgIpc) is 2.81. The Kier molecular flexibility index (Phi) is 3.73. The van der Waals surface area contributed by atoms with E-state index < -0.39 is 0 Å². The summed E-state index contributed by atoms with van der Waals surface area (Å²) in [6.45, 7) is 6.69. The molecule has 0 unspecified atom stereocenters. The number of aromatic nitrogens is 1. The normalized spacial score (nSPS) is 23.8. The summed E-state index contributed by atoms with van der Waals surface area (Å²) in [5, 5.41) is 1.36. The lowest BCUT2D eigenvalue weighted by atomic mass is 9.74. The molecule has 2 heterocycles. The Morgan fingerprint density at radius 1 is 1.43 bits per heavy atom. The third-order valence-corrected chi connectivity index (χ3v) is 6.18. The van der Waals surface area contributed by atoms with Crippen molar-refractivity contribution in [2.24, 2.45) is 0 Å². The van der Waals surface area contributed by atoms with Crippen molar-refractivity contribution in [2.75, 3.05) is 18.5 Å². The van der Waals surface area contributed by atoms with Crippen molar-refractivity contribution in [2.45, 2.75) is 45.1 Å². The fourth-order valence-electron chi connectivity index (χ4n) is 4.74. The summed E-state index contributed by atoms with van der Waals surface area (Å²) < 4.78 is 3.03. The minimum atomic E-state index is 0.588. The number of carbonyl (C=O) groups excluding carboxylic acids is 1. The van der Waals surface area contributed by atoms with E-state index in [-0.39, 0.29) is 0 Å². The van der Waals surface area contributed by atoms with E-state index in [4.69, 9.17) is 0 Å². The highest BCUT2D eigenvalue weighted by molar-refractivity contribution is 9.10. The molecule has 0 radical (unpaired) electrons. The molecule has 1 amide bonds. The Bertz CT molecular complexity index is 782. The molecule has 2 aromatic rings. The van der Waals surface area contributed by atoms with E-state index in [0.717, 1.165) is 35.1 Å². The molecule has 0 bridgehead atoms. The molecule has 4 rings (SSSR count). The van der Waals surface area contributed by atoms with Crippen molar-refractivity contribution in [3.8, 4) is 0 Å². The van der Waals surface area contributed by atoms with E-state index in [2.05, 4.69) is 52.2 Å². The molecule has 1 aromatic carbocycles. The smallest absolute Gasteiger partial charge is 0.226 e. The van der Waals surface area contributed by atoms with Crippen LogP contribution in [0.4, 0.5) is 0 Å². The number of hydrogen-bond donors (Lipinski definition) is 1. The summed E-state index contributed by atoms with van der Waals surface area (Å²) in [5.41, 5.74) is 7.99. The van der Waals surface area contributed by atoms with Gasteiger partial charge in [0.1, 0.15) is 0 Å². The van der Waals surface area contributed by atoms with Crippen molar-refractivity contribution >= 4 is 33.2 Å². The summed E-state index contributed by atoms with van der Waals surface area (Å²) in [4.78, 5) is 13.7. The summed E-state index contributed by atoms with van der Waals surface area (Å²) in [5.74, 6) is 0.600. The SMILES string of the molecule is CCN1CCC[C@@H]2c3cc(Br)cc4c3c(c(C)n4NC=O)C[C@H]21. The maximum Gasteiger partial charge on any atom is 0.226 e. The van der Waals surface area contributed by atoms with E-state index >= 15 is 0 Å². The molecule has 1 N–H and O–H groups in total. The topological polar surface area (TPSA) is 37.3 Å². The van der Waals surface area contributed by atoms with Crippen molar-refractivity contribution in [3.63, 3.8) is 0 Å². The summed E-state index contributed by atoms with van der Waals surface area (Å²) in [6, 6.07) is 5.00. The van der Waals surface area contributed by atoms with E-state index in [9.17, 15) is 4.79 Å². The summed E-state index contributed by atoms with van der Waals surface area (Å²) in [7, 11) is 0. The number of benzene rings is 1. The second-order valence-corrected chi connectivity index (χ2v) is 7.60. The first-order chi connectivity index (χ1) is 11.2. The van der Waals surface area contributed by atoms with Gasteiger partial charge in [0, 0.05) is 27.5 Å². The van der Waals surface area contributed by atoms with E-state index in [1.807, 2.05) is 4.68 Å². The molecule has 23 heavy (non-hydrogen) atoms. The minimum Gasteiger partial charge on any atom is -0.300 e. The third kappa shape index (κ3) is 2.17. The van der Waals surface area contributed by atoms with Gasteiger partial charge in [0.25, 0.3) is 0 Å². The Labute approximate surface area is 144 Å². The third-order valence-electron chi connectivity index (χ3n) is 5.72. The molecule has 1 aliphatic heterocycles. The second-order valence-electron chi connectivity index (χ2n) is 6.68. The molecule has 5 heteroatoms. The Hall–Kier alpha value is -1.33. The molecular formula is C18H22BrN3O. The lowest BCUT2D eigenvalue weighted by Crippen LogP contribution is -2.46. The van der Waals surface area contributed by atoms with E-state index in [1.165, 1.54) is 35.9 Å². The first-order valence-electron chi connectivity index (χ1n) is 8.43. The van der Waals surface area contributed by atoms with Crippen molar-refractivity contribution < 1.29 is 4.79 Å². The molecule has 2 aliphatic rings. The van der Waals surface area contributed by atoms with Gasteiger partial charge in [0.05, 0.1) is 5.52 Å². The van der Waals surface area contributed by atoms with Crippen LogP contribution in [-0.2, 0) is 11.2 Å². The fourth-order valence-corrected chi connectivity index (χ4v) is 5.20. The number of halogens is 1. The van der Waals surface area contributed by atoms with Crippen LogP contribution >= 0.6 is 15.9 Å². The molecule has 0 spiro atoms. The van der Waals surface area contributed by atoms with Gasteiger partial charge in [0.15, 0.2) is 0 Å². The Morgan fingerprint density at radius 2 is 2.26 bits per heavy atom. The Morgan fingerprint density at radius 3 is 3.00 bits per heavy atom. The summed E-state index contributed by atoms with van der Waals surface area (Å²) >= 11 is 3.67. The van der Waals surface area contributed by atoms with E-state index in [0.29, 0.717) is 12.0 Å². The van der Waals surface area contributed by atoms with Crippen LogP contribution in [0.2, 0.25) is 0 Å². The number of fused-ring (bicyclic) bond motifs is 2. The highest BCUT2D eigenvalue weighted by atomic mass is 79.9. The number of carbonyl (C=O) groups is 1. The van der Waals surface area contributed by atoms with Gasteiger partial charge in [-0.05, 0) is 62.5 Å². The fraction of sp³-hybridized carbons (Fsp3) is 0.500. The van der Waals surface area contributed by atoms with Gasteiger partial charge in [-0.2, -0.15) is 0 Å². The van der Waals surface area contributed by atoms with Gasteiger partial charge in [-0.15, -0.1) is 0 Å². The van der Waals surface area contributed by atoms with Gasteiger partial charge >= 0.3 is 0 Å².